The van der Waals surface area contributed by atoms with E-state index >= 15 is 0 Å². The number of carbonyl (C=O) groups excluding carboxylic acids is 1. The summed E-state index contributed by atoms with van der Waals surface area (Å²) >= 11 is 5.39. The third-order valence-corrected chi connectivity index (χ3v) is 7.97. The first-order valence-electron chi connectivity index (χ1n) is 9.67. The van der Waals surface area contributed by atoms with E-state index in [1.54, 1.807) is 12.1 Å². The van der Waals surface area contributed by atoms with Gasteiger partial charge in [0, 0.05) is 0 Å². The molecule has 12 heteroatoms. The molecule has 10 nitrogen and oxygen atoms in total. The molecule has 172 valence electrons. The molecule has 1 heterocycles. The topological polar surface area (TPSA) is 182 Å². The fourth-order valence-electron chi connectivity index (χ4n) is 3.29. The van der Waals surface area contributed by atoms with Gasteiger partial charge in [0.25, 0.3) is 0 Å². The van der Waals surface area contributed by atoms with Crippen molar-refractivity contribution in [2.45, 2.75) is 24.6 Å². The summed E-state index contributed by atoms with van der Waals surface area (Å²) in [6, 6.07) is 7.25. The summed E-state index contributed by atoms with van der Waals surface area (Å²) < 4.78 is 0.913. The van der Waals surface area contributed by atoms with Gasteiger partial charge in [-0.25, -0.2) is 0 Å². The van der Waals surface area contributed by atoms with Crippen molar-refractivity contribution in [3.05, 3.63) is 52.0 Å². The Morgan fingerprint density at radius 1 is 1.15 bits per heavy atom. The van der Waals surface area contributed by atoms with Crippen LogP contribution in [0, 0.1) is 6.92 Å². The van der Waals surface area contributed by atoms with Crippen LogP contribution < -0.4 is 21.1 Å². The predicted molar refractivity (Wildman–Crippen MR) is 126 cm³/mol. The van der Waals surface area contributed by atoms with E-state index in [0.29, 0.717) is 11.3 Å². The average molecular weight is 534 g/mol. The zero-order valence-electron chi connectivity index (χ0n) is 17.4. The Bertz CT molecular complexity index is 1270. The first-order valence-corrected chi connectivity index (χ1v) is 12.6. The summed E-state index contributed by atoms with van der Waals surface area (Å²) in [7, 11) is 0. The van der Waals surface area contributed by atoms with Crippen LogP contribution in [0.3, 0.4) is 0 Å². The van der Waals surface area contributed by atoms with E-state index in [1.807, 2.05) is 25.1 Å². The second kappa shape index (κ2) is 10.1. The number of carbonyl (C=O) groups is 3. The first kappa shape index (κ1) is 24.3. The number of nitrogens with zero attached hydrogens (tertiary/aromatic N) is 2. The van der Waals surface area contributed by atoms with Crippen LogP contribution in [0.2, 0.25) is 5.02 Å². The average Bonchev–Trinajstić information content (AvgIpc) is 2.72. The minimum absolute atomic E-state index is 0.0953. The molecule has 7 N–H and O–H groups in total. The van der Waals surface area contributed by atoms with E-state index in [9.17, 15) is 14.4 Å². The SMILES string of the molecule is Cc1c(C[AsH]c2ccc(Cl)c(C(=O)N[C@@H](CC(=O)O)C(=O)O)c2)ccc2nc(N)nc(N)c12. The van der Waals surface area contributed by atoms with Crippen molar-refractivity contribution in [3.8, 4) is 0 Å². The van der Waals surface area contributed by atoms with Crippen LogP contribution in [0.4, 0.5) is 11.8 Å². The van der Waals surface area contributed by atoms with Crippen LogP contribution in [-0.4, -0.2) is 59.8 Å². The molecule has 0 bridgehead atoms. The Labute approximate surface area is 200 Å². The number of anilines is 2. The second-order valence-electron chi connectivity index (χ2n) is 7.22. The Morgan fingerprint density at radius 2 is 1.88 bits per heavy atom. The van der Waals surface area contributed by atoms with E-state index in [0.717, 1.165) is 26.1 Å². The first-order chi connectivity index (χ1) is 15.6. The van der Waals surface area contributed by atoms with Gasteiger partial charge in [-0.2, -0.15) is 0 Å². The summed E-state index contributed by atoms with van der Waals surface area (Å²) in [6.07, 6.45) is -0.744. The quantitative estimate of drug-likeness (QED) is 0.260. The molecule has 0 saturated heterocycles. The normalized spacial score (nSPS) is 12.2. The number of nitrogen functional groups attached to an aromatic ring is 2. The number of carboxylic acids is 2. The molecule has 2 atom stereocenters. The third kappa shape index (κ3) is 5.71. The zero-order valence-corrected chi connectivity index (χ0v) is 20.3. The number of nitrogens with two attached hydrogens (primary N) is 2. The van der Waals surface area contributed by atoms with Gasteiger partial charge in [-0.05, 0) is 0 Å². The predicted octanol–water partition coefficient (Wildman–Crippen LogP) is 0.676. The van der Waals surface area contributed by atoms with Gasteiger partial charge in [0.05, 0.1) is 0 Å². The van der Waals surface area contributed by atoms with Crippen molar-refractivity contribution in [2.24, 2.45) is 0 Å². The maximum atomic E-state index is 12.6. The molecule has 0 aliphatic heterocycles. The number of benzene rings is 2. The Balaban J connectivity index is 1.80. The number of amides is 1. The van der Waals surface area contributed by atoms with E-state index < -0.39 is 46.1 Å². The van der Waals surface area contributed by atoms with E-state index in [1.165, 1.54) is 0 Å². The van der Waals surface area contributed by atoms with Crippen molar-refractivity contribution in [1.29, 1.82) is 0 Å². The van der Waals surface area contributed by atoms with Crippen LogP contribution in [0.25, 0.3) is 10.9 Å². The van der Waals surface area contributed by atoms with Gasteiger partial charge in [0.2, 0.25) is 0 Å². The fourth-order valence-corrected chi connectivity index (χ4v) is 6.07. The molecule has 1 unspecified atom stereocenters. The minimum atomic E-state index is -1.56. The van der Waals surface area contributed by atoms with Gasteiger partial charge in [-0.3, -0.25) is 0 Å². The Hall–Kier alpha value is -3.36. The Kier molecular flexibility index (Phi) is 7.40. The van der Waals surface area contributed by atoms with Gasteiger partial charge < -0.3 is 0 Å². The number of aryl methyl sites for hydroxylation is 1. The molecule has 0 saturated carbocycles. The number of hydrogen-bond donors (Lipinski definition) is 5. The summed E-state index contributed by atoms with van der Waals surface area (Å²) in [5, 5.41) is 21.9. The summed E-state index contributed by atoms with van der Waals surface area (Å²) in [6.45, 7) is 1.94. The summed E-state index contributed by atoms with van der Waals surface area (Å²) in [5.74, 6) is -3.10. The van der Waals surface area contributed by atoms with Crippen molar-refractivity contribution >= 4 is 72.2 Å². The second-order valence-corrected chi connectivity index (χ2v) is 10.3. The van der Waals surface area contributed by atoms with Gasteiger partial charge in [-0.15, -0.1) is 0 Å². The van der Waals surface area contributed by atoms with Crippen molar-refractivity contribution in [3.63, 3.8) is 0 Å². The van der Waals surface area contributed by atoms with Gasteiger partial charge in [-0.1, -0.05) is 0 Å². The summed E-state index contributed by atoms with van der Waals surface area (Å²) in [5.41, 5.74) is 14.5. The number of fused-ring (bicyclic) bond motifs is 1. The molecule has 0 aliphatic rings. The maximum absolute atomic E-state index is 12.6. The van der Waals surface area contributed by atoms with Gasteiger partial charge in [0.15, 0.2) is 0 Å². The number of halogens is 1. The summed E-state index contributed by atoms with van der Waals surface area (Å²) in [4.78, 5) is 42.9. The fraction of sp³-hybridized carbons (Fsp3) is 0.190. The third-order valence-electron chi connectivity index (χ3n) is 4.96. The molecule has 2 aromatic carbocycles. The van der Waals surface area contributed by atoms with Crippen LogP contribution in [0.5, 0.6) is 0 Å². The number of aromatic nitrogens is 2. The van der Waals surface area contributed by atoms with E-state index in [-0.39, 0.29) is 16.5 Å². The molecular weight excluding hydrogens is 513 g/mol. The van der Waals surface area contributed by atoms with Crippen molar-refractivity contribution in [2.75, 3.05) is 11.5 Å². The molecule has 0 radical (unpaired) electrons. The van der Waals surface area contributed by atoms with Crippen LogP contribution in [0.1, 0.15) is 27.9 Å². The molecule has 3 aromatic rings. The molecule has 1 amide bonds. The van der Waals surface area contributed by atoms with Crippen LogP contribution in [-0.2, 0) is 14.8 Å². The Morgan fingerprint density at radius 3 is 2.55 bits per heavy atom. The van der Waals surface area contributed by atoms with Gasteiger partial charge in [0.1, 0.15) is 0 Å². The zero-order chi connectivity index (χ0) is 24.3. The van der Waals surface area contributed by atoms with Crippen LogP contribution >= 0.6 is 11.6 Å². The number of nitrogens with one attached hydrogen (secondary N) is 1. The number of aliphatic carboxylic acids is 2. The van der Waals surface area contributed by atoms with Crippen molar-refractivity contribution < 1.29 is 24.6 Å². The number of carboxylic acid groups (broad SMARTS) is 2. The molecule has 33 heavy (non-hydrogen) atoms. The standard InChI is InChI=1S/C21H21AsClN5O5/c1-9-10(2-5-14-17(9)18(24)28-21(25)27-14)8-22-11-3-4-13(23)12(6-11)19(31)26-15(20(32)33)7-16(29)30/h2-6,15,22H,7-8H2,1H3,(H,26,31)(H,29,30)(H,32,33)(H4,24,25,27,28)/t15-/m0/s1. The molecule has 3 rings (SSSR count). The van der Waals surface area contributed by atoms with E-state index in [4.69, 9.17) is 33.3 Å². The van der Waals surface area contributed by atoms with Crippen LogP contribution in [0.15, 0.2) is 30.3 Å². The molecule has 1 aromatic heterocycles. The van der Waals surface area contributed by atoms with Gasteiger partial charge >= 0.3 is 200 Å². The monoisotopic (exact) mass is 533 g/mol. The van der Waals surface area contributed by atoms with Crippen molar-refractivity contribution in [1.82, 2.24) is 15.3 Å². The molecular formula is C21H21AsClN5O5. The number of hydrogen-bond acceptors (Lipinski definition) is 7. The van der Waals surface area contributed by atoms with E-state index in [2.05, 4.69) is 15.3 Å². The molecule has 0 aliphatic carbocycles. The number of rotatable bonds is 8. The molecule has 0 spiro atoms. The molecule has 0 fully saturated rings.